The summed E-state index contributed by atoms with van der Waals surface area (Å²) in [5, 5.41) is 0. The fourth-order valence-electron chi connectivity index (χ4n) is 0.687. The number of thiol groups is 2. The molecule has 6 heteroatoms. The molecule has 0 aromatic heterocycles. The van der Waals surface area contributed by atoms with Crippen LogP contribution in [0.4, 0.5) is 0 Å². The molecule has 0 saturated carbocycles. The highest BCUT2D eigenvalue weighted by Crippen LogP contribution is 1.83. The second-order valence-corrected chi connectivity index (χ2v) is 2.82. The number of rotatable bonds is 11. The Morgan fingerprint density at radius 3 is 1.07 bits per heavy atom. The molecule has 0 aliphatic rings. The predicted octanol–water partition coefficient (Wildman–Crippen LogP) is 0.827. The highest BCUT2D eigenvalue weighted by Gasteiger charge is 1.90. The third-order valence-electron chi connectivity index (χ3n) is 1.30. The first kappa shape index (κ1) is 14.5. The molecule has 0 amide bonds. The maximum atomic E-state index is 5.20. The molecule has 4 nitrogen and oxygen atoms in total. The van der Waals surface area contributed by atoms with Gasteiger partial charge in [-0.1, -0.05) is 0 Å². The molecule has 86 valence electrons. The first-order valence-corrected chi connectivity index (χ1v) is 5.71. The zero-order chi connectivity index (χ0) is 10.5. The smallest absolute Gasteiger partial charge is 0.0893 e. The van der Waals surface area contributed by atoms with E-state index in [1.54, 1.807) is 0 Å². The summed E-state index contributed by atoms with van der Waals surface area (Å²) < 4.78 is 20.3. The minimum absolute atomic E-state index is 0.431. The fraction of sp³-hybridized carbons (Fsp3) is 1.00. The lowest BCUT2D eigenvalue weighted by Crippen LogP contribution is -2.11. The SMILES string of the molecule is SCOCCOCCOCCOCS. The van der Waals surface area contributed by atoms with Crippen LogP contribution in [0, 0.1) is 0 Å². The van der Waals surface area contributed by atoms with Crippen LogP contribution in [0.1, 0.15) is 0 Å². The third-order valence-corrected chi connectivity index (χ3v) is 1.66. The highest BCUT2D eigenvalue weighted by atomic mass is 32.1. The number of ether oxygens (including phenoxy) is 4. The summed E-state index contributed by atoms with van der Waals surface area (Å²) in [6.07, 6.45) is 0. The van der Waals surface area contributed by atoms with Crippen LogP contribution >= 0.6 is 25.3 Å². The highest BCUT2D eigenvalue weighted by molar-refractivity contribution is 7.80. The summed E-state index contributed by atoms with van der Waals surface area (Å²) in [5.41, 5.74) is 0. The molecule has 0 bridgehead atoms. The summed E-state index contributed by atoms with van der Waals surface area (Å²) in [7, 11) is 0. The first-order chi connectivity index (χ1) is 6.91. The van der Waals surface area contributed by atoms with E-state index in [2.05, 4.69) is 25.3 Å². The van der Waals surface area contributed by atoms with Crippen LogP contribution in [-0.4, -0.2) is 51.5 Å². The van der Waals surface area contributed by atoms with Crippen LogP contribution in [0.15, 0.2) is 0 Å². The van der Waals surface area contributed by atoms with Gasteiger partial charge in [0.1, 0.15) is 0 Å². The van der Waals surface area contributed by atoms with E-state index < -0.39 is 0 Å². The van der Waals surface area contributed by atoms with E-state index in [-0.39, 0.29) is 0 Å². The Morgan fingerprint density at radius 2 is 0.786 bits per heavy atom. The molecule has 0 aromatic rings. The van der Waals surface area contributed by atoms with E-state index >= 15 is 0 Å². The van der Waals surface area contributed by atoms with Crippen molar-refractivity contribution in [2.24, 2.45) is 0 Å². The van der Waals surface area contributed by atoms with Gasteiger partial charge in [-0.05, 0) is 0 Å². The molecule has 0 fully saturated rings. The van der Waals surface area contributed by atoms with Gasteiger partial charge < -0.3 is 18.9 Å². The van der Waals surface area contributed by atoms with E-state index in [9.17, 15) is 0 Å². The Bertz CT molecular complexity index is 93.3. The van der Waals surface area contributed by atoms with Crippen molar-refractivity contribution in [2.75, 3.05) is 51.5 Å². The maximum absolute atomic E-state index is 5.20. The van der Waals surface area contributed by atoms with Gasteiger partial charge in [-0.15, -0.1) is 0 Å². The molecule has 0 N–H and O–H groups in total. The molecule has 0 aromatic carbocycles. The number of hydrogen-bond acceptors (Lipinski definition) is 6. The zero-order valence-corrected chi connectivity index (χ0v) is 9.97. The average Bonchev–Trinajstić information content (AvgIpc) is 2.21. The normalized spacial score (nSPS) is 10.7. The second kappa shape index (κ2) is 13.5. The van der Waals surface area contributed by atoms with Crippen molar-refractivity contribution >= 4 is 25.3 Å². The predicted molar refractivity (Wildman–Crippen MR) is 61.2 cm³/mol. The van der Waals surface area contributed by atoms with Crippen molar-refractivity contribution in [3.8, 4) is 0 Å². The van der Waals surface area contributed by atoms with Gasteiger partial charge in [-0.3, -0.25) is 0 Å². The van der Waals surface area contributed by atoms with Crippen molar-refractivity contribution in [1.82, 2.24) is 0 Å². The lowest BCUT2D eigenvalue weighted by Gasteiger charge is -2.05. The molecule has 0 spiro atoms. The van der Waals surface area contributed by atoms with Crippen molar-refractivity contribution < 1.29 is 18.9 Å². The van der Waals surface area contributed by atoms with E-state index in [1.165, 1.54) is 0 Å². The average molecular weight is 242 g/mol. The van der Waals surface area contributed by atoms with Gasteiger partial charge in [-0.25, -0.2) is 0 Å². The van der Waals surface area contributed by atoms with Crippen molar-refractivity contribution in [1.29, 1.82) is 0 Å². The molecule has 14 heavy (non-hydrogen) atoms. The van der Waals surface area contributed by atoms with Crippen molar-refractivity contribution in [3.63, 3.8) is 0 Å². The van der Waals surface area contributed by atoms with Gasteiger partial charge in [0.25, 0.3) is 0 Å². The summed E-state index contributed by atoms with van der Waals surface area (Å²) in [4.78, 5) is 0. The van der Waals surface area contributed by atoms with Crippen LogP contribution in [0.2, 0.25) is 0 Å². The molecular formula is C8H18O4S2. The van der Waals surface area contributed by atoms with E-state index in [0.717, 1.165) is 0 Å². The van der Waals surface area contributed by atoms with Crippen LogP contribution in [0.5, 0.6) is 0 Å². The Hall–Kier alpha value is 0.540. The van der Waals surface area contributed by atoms with Crippen LogP contribution in [0.3, 0.4) is 0 Å². The molecule has 0 heterocycles. The molecule has 0 radical (unpaired) electrons. The van der Waals surface area contributed by atoms with Gasteiger partial charge in [0.2, 0.25) is 0 Å². The molecular weight excluding hydrogens is 224 g/mol. The lowest BCUT2D eigenvalue weighted by molar-refractivity contribution is 0.00799. The summed E-state index contributed by atoms with van der Waals surface area (Å²) in [5.74, 6) is 0.863. The Morgan fingerprint density at radius 1 is 0.500 bits per heavy atom. The topological polar surface area (TPSA) is 36.9 Å². The van der Waals surface area contributed by atoms with E-state index in [0.29, 0.717) is 51.5 Å². The monoisotopic (exact) mass is 242 g/mol. The van der Waals surface area contributed by atoms with Crippen LogP contribution in [0.25, 0.3) is 0 Å². The Labute approximate surface area is 96.1 Å². The molecule has 0 aliphatic carbocycles. The Balaban J connectivity index is 2.78. The quantitative estimate of drug-likeness (QED) is 0.320. The van der Waals surface area contributed by atoms with Gasteiger partial charge in [-0.2, -0.15) is 25.3 Å². The number of hydrogen-bond donors (Lipinski definition) is 2. The second-order valence-electron chi connectivity index (χ2n) is 2.30. The van der Waals surface area contributed by atoms with Gasteiger partial charge >= 0.3 is 0 Å². The standard InChI is InChI=1S/C8H18O4S2/c13-7-11-5-3-9-1-2-10-4-6-12-8-14/h13-14H,1-8H2. The van der Waals surface area contributed by atoms with Gasteiger partial charge in [0.15, 0.2) is 0 Å². The van der Waals surface area contributed by atoms with Crippen LogP contribution in [-0.2, 0) is 18.9 Å². The first-order valence-electron chi connectivity index (χ1n) is 4.44. The fourth-order valence-corrected chi connectivity index (χ4v) is 0.945. The van der Waals surface area contributed by atoms with Gasteiger partial charge in [0, 0.05) is 0 Å². The largest absolute Gasteiger partial charge is 0.377 e. The van der Waals surface area contributed by atoms with E-state index in [4.69, 9.17) is 18.9 Å². The van der Waals surface area contributed by atoms with Gasteiger partial charge in [0.05, 0.1) is 51.5 Å². The zero-order valence-electron chi connectivity index (χ0n) is 8.18. The molecule has 0 unspecified atom stereocenters. The lowest BCUT2D eigenvalue weighted by atomic mass is 10.7. The maximum Gasteiger partial charge on any atom is 0.0893 e. The van der Waals surface area contributed by atoms with Crippen LogP contribution < -0.4 is 0 Å². The summed E-state index contributed by atoms with van der Waals surface area (Å²) >= 11 is 7.78. The minimum Gasteiger partial charge on any atom is -0.377 e. The molecule has 0 saturated heterocycles. The minimum atomic E-state index is 0.431. The van der Waals surface area contributed by atoms with Crippen molar-refractivity contribution in [2.45, 2.75) is 0 Å². The third kappa shape index (κ3) is 12.5. The molecule has 0 atom stereocenters. The van der Waals surface area contributed by atoms with E-state index in [1.807, 2.05) is 0 Å². The Kier molecular flexibility index (Phi) is 14.1. The summed E-state index contributed by atoms with van der Waals surface area (Å²) in [6.45, 7) is 3.47. The molecule has 0 rings (SSSR count). The van der Waals surface area contributed by atoms with Crippen molar-refractivity contribution in [3.05, 3.63) is 0 Å². The molecule has 0 aliphatic heterocycles. The summed E-state index contributed by atoms with van der Waals surface area (Å²) in [6, 6.07) is 0.